The number of likely N-dealkylation sites (N-methyl/N-ethyl adjacent to an activating group) is 1. The van der Waals surface area contributed by atoms with E-state index >= 15 is 0 Å². The molecule has 6 nitrogen and oxygen atoms in total. The van der Waals surface area contributed by atoms with Crippen molar-refractivity contribution in [2.75, 3.05) is 17.3 Å². The van der Waals surface area contributed by atoms with Crippen LogP contribution in [0.25, 0.3) is 0 Å². The Bertz CT molecular complexity index is 934. The molecule has 0 spiro atoms. The van der Waals surface area contributed by atoms with Crippen LogP contribution in [-0.2, 0) is 9.59 Å². The zero-order valence-electron chi connectivity index (χ0n) is 17.2. The number of nitrogens with one attached hydrogen (secondary N) is 1. The van der Waals surface area contributed by atoms with E-state index in [9.17, 15) is 14.4 Å². The number of ether oxygens (including phenoxy) is 1. The van der Waals surface area contributed by atoms with Gasteiger partial charge in [-0.1, -0.05) is 26.0 Å². The van der Waals surface area contributed by atoms with Crippen LogP contribution in [-0.4, -0.2) is 30.7 Å². The fourth-order valence-electron chi connectivity index (χ4n) is 3.23. The number of carbonyl (C=O) groups is 3. The molecule has 29 heavy (non-hydrogen) atoms. The summed E-state index contributed by atoms with van der Waals surface area (Å²) in [6, 6.07) is 12.7. The van der Waals surface area contributed by atoms with Crippen LogP contribution < -0.4 is 15.0 Å². The molecule has 0 bridgehead atoms. The van der Waals surface area contributed by atoms with Crippen molar-refractivity contribution in [2.45, 2.75) is 45.6 Å². The van der Waals surface area contributed by atoms with Crippen molar-refractivity contribution in [1.29, 1.82) is 0 Å². The highest BCUT2D eigenvalue weighted by Crippen LogP contribution is 2.34. The molecule has 0 aliphatic carbocycles. The van der Waals surface area contributed by atoms with E-state index < -0.39 is 6.10 Å². The summed E-state index contributed by atoms with van der Waals surface area (Å²) in [6.07, 6.45) is -0.374. The molecule has 3 rings (SSSR count). The number of benzene rings is 2. The predicted octanol–water partition coefficient (Wildman–Crippen LogP) is 4.16. The summed E-state index contributed by atoms with van der Waals surface area (Å²) in [4.78, 5) is 38.3. The van der Waals surface area contributed by atoms with Crippen LogP contribution in [0.1, 0.15) is 55.5 Å². The first-order valence-corrected chi connectivity index (χ1v) is 9.77. The van der Waals surface area contributed by atoms with Crippen LogP contribution in [0.5, 0.6) is 5.75 Å². The minimum atomic E-state index is -0.549. The molecule has 0 radical (unpaired) electrons. The highest BCUT2D eigenvalue weighted by atomic mass is 16.5. The number of hydrogen-bond acceptors (Lipinski definition) is 4. The van der Waals surface area contributed by atoms with Crippen molar-refractivity contribution in [1.82, 2.24) is 0 Å². The van der Waals surface area contributed by atoms with Gasteiger partial charge in [-0.2, -0.15) is 0 Å². The quantitative estimate of drug-likeness (QED) is 0.747. The number of Topliss-reactive ketones (excluding diaryl/α,β-unsaturated/α-hetero) is 1. The number of nitrogens with zero attached hydrogens (tertiary/aromatic N) is 1. The van der Waals surface area contributed by atoms with Crippen molar-refractivity contribution < 1.29 is 19.1 Å². The third-order valence-corrected chi connectivity index (χ3v) is 5.06. The van der Waals surface area contributed by atoms with Gasteiger partial charge in [0.25, 0.3) is 5.91 Å². The Balaban J connectivity index is 1.59. The molecule has 1 aliphatic heterocycles. The summed E-state index contributed by atoms with van der Waals surface area (Å²) < 4.78 is 5.57. The van der Waals surface area contributed by atoms with Gasteiger partial charge in [0.05, 0.1) is 5.69 Å². The summed E-state index contributed by atoms with van der Waals surface area (Å²) in [5, 5.41) is 2.82. The minimum absolute atomic E-state index is 0.0869. The molecule has 2 aromatic carbocycles. The van der Waals surface area contributed by atoms with Crippen molar-refractivity contribution in [3.8, 4) is 5.75 Å². The Kier molecular flexibility index (Phi) is 6.01. The van der Waals surface area contributed by atoms with E-state index in [1.165, 1.54) is 10.5 Å². The summed E-state index contributed by atoms with van der Waals surface area (Å²) in [6.45, 7) is 5.91. The first kappa shape index (κ1) is 20.6. The van der Waals surface area contributed by atoms with Crippen LogP contribution in [0.4, 0.5) is 11.4 Å². The third kappa shape index (κ3) is 4.65. The highest BCUT2D eigenvalue weighted by Gasteiger charge is 2.29. The van der Waals surface area contributed by atoms with Gasteiger partial charge in [-0.25, -0.2) is 0 Å². The highest BCUT2D eigenvalue weighted by molar-refractivity contribution is 6.04. The fraction of sp³-hybridized carbons (Fsp3) is 0.348. The van der Waals surface area contributed by atoms with Gasteiger partial charge < -0.3 is 15.0 Å². The summed E-state index contributed by atoms with van der Waals surface area (Å²) in [7, 11) is 1.66. The Morgan fingerprint density at radius 3 is 2.45 bits per heavy atom. The number of carbonyl (C=O) groups excluding carboxylic acids is 3. The lowest BCUT2D eigenvalue weighted by Crippen LogP contribution is -2.42. The lowest BCUT2D eigenvalue weighted by Gasteiger charge is -2.30. The average Bonchev–Trinajstić information content (AvgIpc) is 2.70. The van der Waals surface area contributed by atoms with E-state index in [4.69, 9.17) is 4.74 Å². The van der Waals surface area contributed by atoms with Crippen molar-refractivity contribution >= 4 is 29.0 Å². The van der Waals surface area contributed by atoms with E-state index in [-0.39, 0.29) is 30.4 Å². The van der Waals surface area contributed by atoms with Gasteiger partial charge in [0, 0.05) is 31.1 Å². The second-order valence-corrected chi connectivity index (χ2v) is 7.59. The van der Waals surface area contributed by atoms with E-state index in [1.807, 2.05) is 24.3 Å². The van der Waals surface area contributed by atoms with E-state index in [1.54, 1.807) is 32.2 Å². The van der Waals surface area contributed by atoms with Crippen LogP contribution >= 0.6 is 0 Å². The predicted molar refractivity (Wildman–Crippen MR) is 113 cm³/mol. The first-order valence-electron chi connectivity index (χ1n) is 9.77. The summed E-state index contributed by atoms with van der Waals surface area (Å²) >= 11 is 0. The van der Waals surface area contributed by atoms with Crippen LogP contribution in [0.15, 0.2) is 42.5 Å². The lowest BCUT2D eigenvalue weighted by molar-refractivity contribution is -0.125. The monoisotopic (exact) mass is 394 g/mol. The summed E-state index contributed by atoms with van der Waals surface area (Å²) in [5.74, 6) is 0.469. The Labute approximate surface area is 170 Å². The second kappa shape index (κ2) is 8.47. The van der Waals surface area contributed by atoms with Crippen molar-refractivity contribution in [3.63, 3.8) is 0 Å². The molecule has 2 amide bonds. The molecule has 0 saturated carbocycles. The maximum atomic E-state index is 12.5. The zero-order valence-corrected chi connectivity index (χ0v) is 17.2. The molecule has 2 aromatic rings. The van der Waals surface area contributed by atoms with Gasteiger partial charge in [0.15, 0.2) is 11.9 Å². The Morgan fingerprint density at radius 1 is 1.10 bits per heavy atom. The number of amides is 2. The smallest absolute Gasteiger partial charge is 0.267 e. The molecule has 0 aromatic heterocycles. The minimum Gasteiger partial charge on any atom is -0.479 e. The Hall–Kier alpha value is -3.15. The van der Waals surface area contributed by atoms with E-state index in [0.717, 1.165) is 0 Å². The molecule has 1 N–H and O–H groups in total. The average molecular weight is 394 g/mol. The molecule has 6 heteroatoms. The molecule has 152 valence electrons. The molecule has 1 unspecified atom stereocenters. The van der Waals surface area contributed by atoms with Gasteiger partial charge in [0.2, 0.25) is 5.91 Å². The molecular weight excluding hydrogens is 368 g/mol. The summed E-state index contributed by atoms with van der Waals surface area (Å²) in [5.41, 5.74) is 2.93. The zero-order chi connectivity index (χ0) is 21.1. The van der Waals surface area contributed by atoms with E-state index in [2.05, 4.69) is 19.2 Å². The van der Waals surface area contributed by atoms with Crippen LogP contribution in [0.3, 0.4) is 0 Å². The molecular formula is C23H26N2O4. The third-order valence-electron chi connectivity index (χ3n) is 5.06. The van der Waals surface area contributed by atoms with Gasteiger partial charge >= 0.3 is 0 Å². The maximum Gasteiger partial charge on any atom is 0.267 e. The number of rotatable bonds is 6. The standard InChI is InChI=1S/C23H26N2O4/c1-14(2)16-5-8-18(9-6-16)24-22(27)12-10-20(26)17-7-11-21-19(13-17)25(4)23(28)15(3)29-21/h5-9,11,13-15H,10,12H2,1-4H3,(H,24,27). The van der Waals surface area contributed by atoms with Gasteiger partial charge in [0.1, 0.15) is 5.75 Å². The molecule has 0 fully saturated rings. The maximum absolute atomic E-state index is 12.5. The normalized spacial score (nSPS) is 15.7. The number of ketones is 1. The molecule has 1 atom stereocenters. The Morgan fingerprint density at radius 2 is 1.79 bits per heavy atom. The number of hydrogen-bond donors (Lipinski definition) is 1. The molecule has 1 aliphatic rings. The van der Waals surface area contributed by atoms with Crippen LogP contribution in [0, 0.1) is 0 Å². The van der Waals surface area contributed by atoms with Crippen molar-refractivity contribution in [2.24, 2.45) is 0 Å². The van der Waals surface area contributed by atoms with Crippen LogP contribution in [0.2, 0.25) is 0 Å². The van der Waals surface area contributed by atoms with Gasteiger partial charge in [-0.3, -0.25) is 14.4 Å². The van der Waals surface area contributed by atoms with Crippen molar-refractivity contribution in [3.05, 3.63) is 53.6 Å². The lowest BCUT2D eigenvalue weighted by atomic mass is 10.0. The number of fused-ring (bicyclic) bond motifs is 1. The van der Waals surface area contributed by atoms with E-state index in [0.29, 0.717) is 28.6 Å². The SMILES string of the molecule is CC1Oc2ccc(C(=O)CCC(=O)Nc3ccc(C(C)C)cc3)cc2N(C)C1=O. The largest absolute Gasteiger partial charge is 0.479 e. The van der Waals surface area contributed by atoms with Gasteiger partial charge in [-0.15, -0.1) is 0 Å². The second-order valence-electron chi connectivity index (χ2n) is 7.59. The fourth-order valence-corrected chi connectivity index (χ4v) is 3.23. The topological polar surface area (TPSA) is 75.7 Å². The van der Waals surface area contributed by atoms with Gasteiger partial charge in [-0.05, 0) is 48.7 Å². The number of anilines is 2. The molecule has 0 saturated heterocycles. The first-order chi connectivity index (χ1) is 13.8. The molecule has 1 heterocycles.